The molecule has 1 aromatic carbocycles. The fourth-order valence-corrected chi connectivity index (χ4v) is 1.98. The number of amides is 1. The van der Waals surface area contributed by atoms with Crippen LogP contribution in [0.4, 0.5) is 5.69 Å². The van der Waals surface area contributed by atoms with Crippen LogP contribution in [-0.4, -0.2) is 10.5 Å². The van der Waals surface area contributed by atoms with Crippen molar-refractivity contribution in [2.24, 2.45) is 7.05 Å². The van der Waals surface area contributed by atoms with Crippen molar-refractivity contribution in [2.75, 3.05) is 5.32 Å². The topological polar surface area (TPSA) is 34.0 Å². The largest absolute Gasteiger partial charge is 0.354 e. The number of carbonyl (C=O) groups is 1. The SMILES string of the molecule is Cn1cccc1CCC(=O)Nc1cccc(Cl)c1. The highest BCUT2D eigenvalue weighted by molar-refractivity contribution is 6.30. The van der Waals surface area contributed by atoms with Gasteiger partial charge in [0, 0.05) is 36.1 Å². The Labute approximate surface area is 111 Å². The molecule has 0 saturated carbocycles. The summed E-state index contributed by atoms with van der Waals surface area (Å²) in [5.74, 6) is -0.00142. The molecule has 3 nitrogen and oxygen atoms in total. The Balaban J connectivity index is 1.88. The molecule has 1 N–H and O–H groups in total. The molecule has 0 spiro atoms. The maximum absolute atomic E-state index is 11.8. The second kappa shape index (κ2) is 5.74. The predicted octanol–water partition coefficient (Wildman–Crippen LogP) is 3.25. The summed E-state index contributed by atoms with van der Waals surface area (Å²) >= 11 is 5.85. The molecule has 0 aliphatic rings. The second-order valence-corrected chi connectivity index (χ2v) is 4.61. The average molecular weight is 263 g/mol. The first kappa shape index (κ1) is 12.7. The summed E-state index contributed by atoms with van der Waals surface area (Å²) in [6.45, 7) is 0. The van der Waals surface area contributed by atoms with Gasteiger partial charge in [-0.1, -0.05) is 17.7 Å². The van der Waals surface area contributed by atoms with E-state index in [1.807, 2.05) is 42.1 Å². The van der Waals surface area contributed by atoms with Gasteiger partial charge in [-0.15, -0.1) is 0 Å². The summed E-state index contributed by atoms with van der Waals surface area (Å²) in [5.41, 5.74) is 1.88. The van der Waals surface area contributed by atoms with E-state index in [9.17, 15) is 4.79 Å². The molecule has 0 aliphatic carbocycles. The molecule has 1 aromatic heterocycles. The molecule has 0 radical (unpaired) electrons. The van der Waals surface area contributed by atoms with Crippen LogP contribution in [0.25, 0.3) is 0 Å². The summed E-state index contributed by atoms with van der Waals surface area (Å²) in [4.78, 5) is 11.8. The molecule has 0 bridgehead atoms. The monoisotopic (exact) mass is 262 g/mol. The number of rotatable bonds is 4. The molecule has 94 valence electrons. The molecule has 0 unspecified atom stereocenters. The number of hydrogen-bond donors (Lipinski definition) is 1. The van der Waals surface area contributed by atoms with Gasteiger partial charge < -0.3 is 9.88 Å². The lowest BCUT2D eigenvalue weighted by Crippen LogP contribution is -2.13. The molecule has 0 aliphatic heterocycles. The number of aryl methyl sites for hydroxylation is 2. The van der Waals surface area contributed by atoms with Crippen molar-refractivity contribution in [1.82, 2.24) is 4.57 Å². The van der Waals surface area contributed by atoms with E-state index in [0.29, 0.717) is 11.4 Å². The van der Waals surface area contributed by atoms with Crippen LogP contribution in [0.3, 0.4) is 0 Å². The van der Waals surface area contributed by atoms with E-state index in [-0.39, 0.29) is 5.91 Å². The van der Waals surface area contributed by atoms with Crippen LogP contribution >= 0.6 is 11.6 Å². The van der Waals surface area contributed by atoms with Crippen LogP contribution < -0.4 is 5.32 Å². The Hall–Kier alpha value is -1.74. The van der Waals surface area contributed by atoms with Crippen molar-refractivity contribution < 1.29 is 4.79 Å². The molecule has 1 heterocycles. The lowest BCUT2D eigenvalue weighted by Gasteiger charge is -2.06. The zero-order chi connectivity index (χ0) is 13.0. The van der Waals surface area contributed by atoms with Crippen molar-refractivity contribution in [3.63, 3.8) is 0 Å². The number of hydrogen-bond acceptors (Lipinski definition) is 1. The quantitative estimate of drug-likeness (QED) is 0.902. The van der Waals surface area contributed by atoms with Gasteiger partial charge >= 0.3 is 0 Å². The summed E-state index contributed by atoms with van der Waals surface area (Å²) in [6, 6.07) is 11.2. The van der Waals surface area contributed by atoms with E-state index in [1.54, 1.807) is 12.1 Å². The third kappa shape index (κ3) is 3.37. The molecule has 2 aromatic rings. The third-order valence-corrected chi connectivity index (χ3v) is 3.00. The van der Waals surface area contributed by atoms with Crippen molar-refractivity contribution >= 4 is 23.2 Å². The van der Waals surface area contributed by atoms with Crippen molar-refractivity contribution in [1.29, 1.82) is 0 Å². The minimum atomic E-state index is -0.00142. The van der Waals surface area contributed by atoms with E-state index in [2.05, 4.69) is 5.32 Å². The Morgan fingerprint density at radius 3 is 2.83 bits per heavy atom. The van der Waals surface area contributed by atoms with Crippen LogP contribution in [0.2, 0.25) is 5.02 Å². The van der Waals surface area contributed by atoms with Gasteiger partial charge in [-0.25, -0.2) is 0 Å². The van der Waals surface area contributed by atoms with Gasteiger partial charge in [0.15, 0.2) is 0 Å². The molecule has 0 atom stereocenters. The molecular formula is C14H15ClN2O. The highest BCUT2D eigenvalue weighted by Gasteiger charge is 2.05. The summed E-state index contributed by atoms with van der Waals surface area (Å²) in [5, 5.41) is 3.45. The van der Waals surface area contributed by atoms with Crippen molar-refractivity contribution in [2.45, 2.75) is 12.8 Å². The Morgan fingerprint density at radius 2 is 2.17 bits per heavy atom. The average Bonchev–Trinajstić information content (AvgIpc) is 2.72. The smallest absolute Gasteiger partial charge is 0.224 e. The van der Waals surface area contributed by atoms with Crippen molar-refractivity contribution in [3.8, 4) is 0 Å². The lowest BCUT2D eigenvalue weighted by atomic mass is 10.2. The maximum atomic E-state index is 11.8. The van der Waals surface area contributed by atoms with Gasteiger partial charge in [-0.2, -0.15) is 0 Å². The number of carbonyl (C=O) groups excluding carboxylic acids is 1. The summed E-state index contributed by atoms with van der Waals surface area (Å²) in [6.07, 6.45) is 3.17. The predicted molar refractivity (Wildman–Crippen MR) is 73.8 cm³/mol. The number of nitrogens with zero attached hydrogens (tertiary/aromatic N) is 1. The zero-order valence-electron chi connectivity index (χ0n) is 10.2. The molecule has 0 fully saturated rings. The van der Waals surface area contributed by atoms with Crippen LogP contribution in [0.5, 0.6) is 0 Å². The van der Waals surface area contributed by atoms with Gasteiger partial charge in [-0.3, -0.25) is 4.79 Å². The van der Waals surface area contributed by atoms with Crippen LogP contribution in [-0.2, 0) is 18.3 Å². The lowest BCUT2D eigenvalue weighted by molar-refractivity contribution is -0.116. The fourth-order valence-electron chi connectivity index (χ4n) is 1.79. The highest BCUT2D eigenvalue weighted by Crippen LogP contribution is 2.15. The molecule has 4 heteroatoms. The minimum Gasteiger partial charge on any atom is -0.354 e. The number of nitrogens with one attached hydrogen (secondary N) is 1. The standard InChI is InChI=1S/C14H15ClN2O/c1-17-9-3-6-13(17)7-8-14(18)16-12-5-2-4-11(15)10-12/h2-6,9-10H,7-8H2,1H3,(H,16,18). The zero-order valence-corrected chi connectivity index (χ0v) is 10.9. The number of anilines is 1. The first-order valence-corrected chi connectivity index (χ1v) is 6.18. The highest BCUT2D eigenvalue weighted by atomic mass is 35.5. The fraction of sp³-hybridized carbons (Fsp3) is 0.214. The van der Waals surface area contributed by atoms with Gasteiger partial charge in [0.05, 0.1) is 0 Å². The molecule has 0 saturated heterocycles. The Morgan fingerprint density at radius 1 is 1.33 bits per heavy atom. The van der Waals surface area contributed by atoms with Gasteiger partial charge in [0.1, 0.15) is 0 Å². The van der Waals surface area contributed by atoms with E-state index in [4.69, 9.17) is 11.6 Å². The number of benzene rings is 1. The summed E-state index contributed by atoms with van der Waals surface area (Å²) < 4.78 is 2.02. The van der Waals surface area contributed by atoms with Crippen LogP contribution in [0.1, 0.15) is 12.1 Å². The first-order chi connectivity index (χ1) is 8.65. The number of aromatic nitrogens is 1. The van der Waals surface area contributed by atoms with Gasteiger partial charge in [-0.05, 0) is 36.8 Å². The molecule has 2 rings (SSSR count). The van der Waals surface area contributed by atoms with E-state index in [1.165, 1.54) is 0 Å². The Kier molecular flexibility index (Phi) is 4.05. The Bertz CT molecular complexity index is 548. The van der Waals surface area contributed by atoms with Crippen LogP contribution in [0, 0.1) is 0 Å². The van der Waals surface area contributed by atoms with Crippen molar-refractivity contribution in [3.05, 3.63) is 53.3 Å². The van der Waals surface area contributed by atoms with Crippen LogP contribution in [0.15, 0.2) is 42.6 Å². The summed E-state index contributed by atoms with van der Waals surface area (Å²) in [7, 11) is 1.98. The van der Waals surface area contributed by atoms with E-state index in [0.717, 1.165) is 17.8 Å². The van der Waals surface area contributed by atoms with E-state index < -0.39 is 0 Å². The molecular weight excluding hydrogens is 248 g/mol. The van der Waals surface area contributed by atoms with Gasteiger partial charge in [0.2, 0.25) is 5.91 Å². The normalized spacial score (nSPS) is 10.3. The second-order valence-electron chi connectivity index (χ2n) is 4.17. The molecule has 18 heavy (non-hydrogen) atoms. The molecule has 1 amide bonds. The minimum absolute atomic E-state index is 0.00142. The maximum Gasteiger partial charge on any atom is 0.224 e. The van der Waals surface area contributed by atoms with E-state index >= 15 is 0 Å². The first-order valence-electron chi connectivity index (χ1n) is 5.81. The number of halogens is 1. The third-order valence-electron chi connectivity index (χ3n) is 2.77. The van der Waals surface area contributed by atoms with Gasteiger partial charge in [0.25, 0.3) is 0 Å².